The number of halogens is 1. The molecule has 0 aliphatic heterocycles. The Bertz CT molecular complexity index is 501. The summed E-state index contributed by atoms with van der Waals surface area (Å²) in [6, 6.07) is 9.57. The van der Waals surface area contributed by atoms with E-state index in [1.807, 2.05) is 37.4 Å². The third-order valence-electron chi connectivity index (χ3n) is 2.29. The summed E-state index contributed by atoms with van der Waals surface area (Å²) in [5, 5.41) is 6.91. The van der Waals surface area contributed by atoms with Crippen LogP contribution in [-0.2, 0) is 6.54 Å². The van der Waals surface area contributed by atoms with Gasteiger partial charge in [0.2, 0.25) is 0 Å². The van der Waals surface area contributed by atoms with E-state index < -0.39 is 0 Å². The maximum Gasteiger partial charge on any atom is 0.131 e. The lowest BCUT2D eigenvalue weighted by molar-refractivity contribution is 1.08. The lowest BCUT2D eigenvalue weighted by Crippen LogP contribution is -2.02. The van der Waals surface area contributed by atoms with Gasteiger partial charge in [-0.25, -0.2) is 9.97 Å². The molecule has 0 bridgehead atoms. The maximum absolute atomic E-state index is 5.91. The number of rotatable bonds is 4. The molecule has 2 aromatic rings. The van der Waals surface area contributed by atoms with Crippen LogP contribution in [-0.4, -0.2) is 17.0 Å². The van der Waals surface area contributed by atoms with Crippen LogP contribution < -0.4 is 10.6 Å². The molecule has 2 rings (SSSR count). The molecule has 2 N–H and O–H groups in total. The molecular formula is C12H13ClN4. The molecule has 0 amide bonds. The van der Waals surface area contributed by atoms with E-state index in [4.69, 9.17) is 11.6 Å². The van der Waals surface area contributed by atoms with E-state index in [0.29, 0.717) is 6.54 Å². The Kier molecular flexibility index (Phi) is 3.77. The minimum absolute atomic E-state index is 0.681. The summed E-state index contributed by atoms with van der Waals surface area (Å²) in [4.78, 5) is 8.17. The molecule has 0 unspecified atom stereocenters. The fraction of sp³-hybridized carbons (Fsp3) is 0.167. The van der Waals surface area contributed by atoms with Crippen molar-refractivity contribution in [2.45, 2.75) is 6.54 Å². The Hall–Kier alpha value is -1.81. The first-order valence-corrected chi connectivity index (χ1v) is 5.64. The highest BCUT2D eigenvalue weighted by Gasteiger charge is 1.98. The lowest BCUT2D eigenvalue weighted by Gasteiger charge is -2.07. The molecule has 1 aromatic heterocycles. The van der Waals surface area contributed by atoms with E-state index in [1.54, 1.807) is 0 Å². The second-order valence-corrected chi connectivity index (χ2v) is 3.96. The molecule has 17 heavy (non-hydrogen) atoms. The summed E-state index contributed by atoms with van der Waals surface area (Å²) < 4.78 is 0. The highest BCUT2D eigenvalue weighted by atomic mass is 35.5. The monoisotopic (exact) mass is 248 g/mol. The van der Waals surface area contributed by atoms with Gasteiger partial charge in [-0.05, 0) is 17.7 Å². The SMILES string of the molecule is CNc1cc(NCc2cccc(Cl)c2)ncn1. The number of anilines is 2. The van der Waals surface area contributed by atoms with Gasteiger partial charge in [0, 0.05) is 24.7 Å². The molecular weight excluding hydrogens is 236 g/mol. The van der Waals surface area contributed by atoms with Crippen molar-refractivity contribution >= 4 is 23.2 Å². The Balaban J connectivity index is 2.02. The zero-order valence-electron chi connectivity index (χ0n) is 9.44. The third-order valence-corrected chi connectivity index (χ3v) is 2.52. The molecule has 0 radical (unpaired) electrons. The van der Waals surface area contributed by atoms with Crippen LogP contribution in [0.2, 0.25) is 5.02 Å². The van der Waals surface area contributed by atoms with Gasteiger partial charge < -0.3 is 10.6 Å². The van der Waals surface area contributed by atoms with Crippen LogP contribution in [0.5, 0.6) is 0 Å². The summed E-state index contributed by atoms with van der Waals surface area (Å²) in [5.74, 6) is 1.57. The number of hydrogen-bond acceptors (Lipinski definition) is 4. The Morgan fingerprint density at radius 2 is 2.00 bits per heavy atom. The fourth-order valence-corrected chi connectivity index (χ4v) is 1.64. The number of hydrogen-bond donors (Lipinski definition) is 2. The summed E-state index contributed by atoms with van der Waals surface area (Å²) in [6.45, 7) is 0.681. The van der Waals surface area contributed by atoms with Crippen molar-refractivity contribution < 1.29 is 0 Å². The molecule has 0 aliphatic carbocycles. The second-order valence-electron chi connectivity index (χ2n) is 3.52. The zero-order chi connectivity index (χ0) is 12.1. The number of nitrogens with zero attached hydrogens (tertiary/aromatic N) is 2. The average Bonchev–Trinajstić information content (AvgIpc) is 2.37. The van der Waals surface area contributed by atoms with Crippen LogP contribution in [0.1, 0.15) is 5.56 Å². The minimum Gasteiger partial charge on any atom is -0.373 e. The van der Waals surface area contributed by atoms with Crippen molar-refractivity contribution in [3.05, 3.63) is 47.2 Å². The van der Waals surface area contributed by atoms with Gasteiger partial charge in [0.15, 0.2) is 0 Å². The van der Waals surface area contributed by atoms with E-state index in [1.165, 1.54) is 6.33 Å². The first-order chi connectivity index (χ1) is 8.28. The van der Waals surface area contributed by atoms with Crippen molar-refractivity contribution in [2.75, 3.05) is 17.7 Å². The molecule has 5 heteroatoms. The van der Waals surface area contributed by atoms with Gasteiger partial charge in [0.1, 0.15) is 18.0 Å². The minimum atomic E-state index is 0.681. The molecule has 0 saturated heterocycles. The topological polar surface area (TPSA) is 49.8 Å². The van der Waals surface area contributed by atoms with Crippen LogP contribution in [0.25, 0.3) is 0 Å². The Labute approximate surface area is 105 Å². The quantitative estimate of drug-likeness (QED) is 0.874. The van der Waals surface area contributed by atoms with Gasteiger partial charge in [-0.2, -0.15) is 0 Å². The van der Waals surface area contributed by atoms with Gasteiger partial charge in [-0.1, -0.05) is 23.7 Å². The first kappa shape index (κ1) is 11.7. The van der Waals surface area contributed by atoms with E-state index in [9.17, 15) is 0 Å². The zero-order valence-corrected chi connectivity index (χ0v) is 10.2. The van der Waals surface area contributed by atoms with E-state index >= 15 is 0 Å². The highest BCUT2D eigenvalue weighted by molar-refractivity contribution is 6.30. The largest absolute Gasteiger partial charge is 0.373 e. The number of aromatic nitrogens is 2. The molecule has 0 aliphatic rings. The normalized spacial score (nSPS) is 10.0. The van der Waals surface area contributed by atoms with E-state index in [0.717, 1.165) is 22.2 Å². The number of nitrogens with one attached hydrogen (secondary N) is 2. The van der Waals surface area contributed by atoms with E-state index in [-0.39, 0.29) is 0 Å². The molecule has 1 heterocycles. The van der Waals surface area contributed by atoms with E-state index in [2.05, 4.69) is 20.6 Å². The van der Waals surface area contributed by atoms with Gasteiger partial charge in [-0.3, -0.25) is 0 Å². The first-order valence-electron chi connectivity index (χ1n) is 5.26. The van der Waals surface area contributed by atoms with Crippen molar-refractivity contribution in [2.24, 2.45) is 0 Å². The molecule has 0 atom stereocenters. The summed E-state index contributed by atoms with van der Waals surface area (Å²) in [6.07, 6.45) is 1.52. The van der Waals surface area contributed by atoms with Gasteiger partial charge in [-0.15, -0.1) is 0 Å². The third kappa shape index (κ3) is 3.32. The van der Waals surface area contributed by atoms with Gasteiger partial charge in [0.25, 0.3) is 0 Å². The van der Waals surface area contributed by atoms with Crippen molar-refractivity contribution in [1.82, 2.24) is 9.97 Å². The summed E-state index contributed by atoms with van der Waals surface area (Å²) in [7, 11) is 1.82. The predicted octanol–water partition coefficient (Wildman–Crippen LogP) is 2.78. The molecule has 88 valence electrons. The standard InChI is InChI=1S/C12H13ClN4/c1-14-11-6-12(17-8-16-11)15-7-9-3-2-4-10(13)5-9/h2-6,8H,7H2,1H3,(H2,14,15,16,17). The summed E-state index contributed by atoms with van der Waals surface area (Å²) in [5.41, 5.74) is 1.11. The van der Waals surface area contributed by atoms with Crippen LogP contribution >= 0.6 is 11.6 Å². The van der Waals surface area contributed by atoms with Crippen LogP contribution in [0.3, 0.4) is 0 Å². The smallest absolute Gasteiger partial charge is 0.131 e. The molecule has 0 saturated carbocycles. The Morgan fingerprint density at radius 1 is 1.18 bits per heavy atom. The Morgan fingerprint density at radius 3 is 2.76 bits per heavy atom. The number of benzene rings is 1. The van der Waals surface area contributed by atoms with Crippen molar-refractivity contribution in [3.8, 4) is 0 Å². The van der Waals surface area contributed by atoms with Crippen LogP contribution in [0.15, 0.2) is 36.7 Å². The second kappa shape index (κ2) is 5.50. The van der Waals surface area contributed by atoms with Gasteiger partial charge >= 0.3 is 0 Å². The molecule has 0 spiro atoms. The predicted molar refractivity (Wildman–Crippen MR) is 70.4 cm³/mol. The highest BCUT2D eigenvalue weighted by Crippen LogP contribution is 2.13. The van der Waals surface area contributed by atoms with Crippen LogP contribution in [0.4, 0.5) is 11.6 Å². The van der Waals surface area contributed by atoms with Crippen molar-refractivity contribution in [3.63, 3.8) is 0 Å². The maximum atomic E-state index is 5.91. The van der Waals surface area contributed by atoms with Gasteiger partial charge in [0.05, 0.1) is 0 Å². The fourth-order valence-electron chi connectivity index (χ4n) is 1.43. The molecule has 0 fully saturated rings. The van der Waals surface area contributed by atoms with Crippen molar-refractivity contribution in [1.29, 1.82) is 0 Å². The molecule has 1 aromatic carbocycles. The average molecular weight is 249 g/mol. The summed E-state index contributed by atoms with van der Waals surface area (Å²) >= 11 is 5.91. The van der Waals surface area contributed by atoms with Crippen LogP contribution in [0, 0.1) is 0 Å². The molecule has 4 nitrogen and oxygen atoms in total. The lowest BCUT2D eigenvalue weighted by atomic mass is 10.2.